The standard InChI is InChI=1S/C14H20O4/c1-10(15)6-5-7-11-8-12(16-2)14(18-4)13(9-11)17-3/h8-9H,5-7H2,1-4H3. The minimum absolute atomic E-state index is 0.211. The second kappa shape index (κ2) is 6.89. The molecule has 0 unspecified atom stereocenters. The molecule has 0 fully saturated rings. The molecule has 0 spiro atoms. The van der Waals surface area contributed by atoms with Gasteiger partial charge in [0.2, 0.25) is 5.75 Å². The van der Waals surface area contributed by atoms with Gasteiger partial charge in [0.05, 0.1) is 21.3 Å². The molecule has 0 aliphatic heterocycles. The normalized spacial score (nSPS) is 10.0. The van der Waals surface area contributed by atoms with Gasteiger partial charge in [-0.05, 0) is 37.5 Å². The van der Waals surface area contributed by atoms with Crippen molar-refractivity contribution >= 4 is 5.78 Å². The molecule has 0 aliphatic carbocycles. The van der Waals surface area contributed by atoms with Gasteiger partial charge in [-0.1, -0.05) is 0 Å². The molecule has 0 amide bonds. The van der Waals surface area contributed by atoms with Gasteiger partial charge >= 0.3 is 0 Å². The predicted octanol–water partition coefficient (Wildman–Crippen LogP) is 2.62. The first-order valence-corrected chi connectivity index (χ1v) is 5.90. The molecule has 0 aromatic heterocycles. The minimum Gasteiger partial charge on any atom is -0.493 e. The zero-order valence-electron chi connectivity index (χ0n) is 11.4. The average Bonchev–Trinajstić information content (AvgIpc) is 2.36. The van der Waals surface area contributed by atoms with Crippen LogP contribution in [-0.2, 0) is 11.2 Å². The van der Waals surface area contributed by atoms with E-state index in [1.165, 1.54) is 0 Å². The third kappa shape index (κ3) is 3.65. The van der Waals surface area contributed by atoms with E-state index in [0.29, 0.717) is 23.7 Å². The van der Waals surface area contributed by atoms with Crippen LogP contribution in [0.5, 0.6) is 17.2 Å². The van der Waals surface area contributed by atoms with Crippen molar-refractivity contribution in [2.24, 2.45) is 0 Å². The summed E-state index contributed by atoms with van der Waals surface area (Å²) in [5.74, 6) is 2.10. The number of ether oxygens (including phenoxy) is 3. The Labute approximate surface area is 108 Å². The number of rotatable bonds is 7. The van der Waals surface area contributed by atoms with Crippen molar-refractivity contribution in [3.63, 3.8) is 0 Å². The molecule has 0 heterocycles. The Balaban J connectivity index is 2.89. The van der Waals surface area contributed by atoms with E-state index in [2.05, 4.69) is 0 Å². The van der Waals surface area contributed by atoms with Gasteiger partial charge in [-0.3, -0.25) is 0 Å². The monoisotopic (exact) mass is 252 g/mol. The van der Waals surface area contributed by atoms with Crippen molar-refractivity contribution in [3.05, 3.63) is 17.7 Å². The van der Waals surface area contributed by atoms with Gasteiger partial charge in [0, 0.05) is 6.42 Å². The molecule has 1 aromatic rings. The summed E-state index contributed by atoms with van der Waals surface area (Å²) in [5, 5.41) is 0. The maximum atomic E-state index is 10.9. The lowest BCUT2D eigenvalue weighted by molar-refractivity contribution is -0.117. The molecule has 0 N–H and O–H groups in total. The quantitative estimate of drug-likeness (QED) is 0.748. The van der Waals surface area contributed by atoms with Crippen molar-refractivity contribution in [1.82, 2.24) is 0 Å². The molecule has 0 saturated carbocycles. The third-order valence-electron chi connectivity index (χ3n) is 2.72. The second-order valence-corrected chi connectivity index (χ2v) is 4.09. The van der Waals surface area contributed by atoms with Crippen LogP contribution in [0.4, 0.5) is 0 Å². The molecule has 1 rings (SSSR count). The molecule has 0 radical (unpaired) electrons. The summed E-state index contributed by atoms with van der Waals surface area (Å²) < 4.78 is 15.8. The fraction of sp³-hybridized carbons (Fsp3) is 0.500. The Bertz CT molecular complexity index is 387. The first kappa shape index (κ1) is 14.4. The van der Waals surface area contributed by atoms with Crippen LogP contribution in [0.1, 0.15) is 25.3 Å². The highest BCUT2D eigenvalue weighted by Gasteiger charge is 2.12. The summed E-state index contributed by atoms with van der Waals surface area (Å²) in [5.41, 5.74) is 1.07. The molecule has 0 saturated heterocycles. The number of ketones is 1. The van der Waals surface area contributed by atoms with E-state index in [0.717, 1.165) is 18.4 Å². The van der Waals surface area contributed by atoms with E-state index in [1.54, 1.807) is 28.3 Å². The van der Waals surface area contributed by atoms with Gasteiger partial charge in [-0.2, -0.15) is 0 Å². The van der Waals surface area contributed by atoms with E-state index >= 15 is 0 Å². The zero-order valence-corrected chi connectivity index (χ0v) is 11.4. The highest BCUT2D eigenvalue weighted by atomic mass is 16.5. The fourth-order valence-corrected chi connectivity index (χ4v) is 1.82. The van der Waals surface area contributed by atoms with Gasteiger partial charge in [0.15, 0.2) is 11.5 Å². The highest BCUT2D eigenvalue weighted by Crippen LogP contribution is 2.38. The Morgan fingerprint density at radius 2 is 1.61 bits per heavy atom. The first-order valence-electron chi connectivity index (χ1n) is 5.90. The Hall–Kier alpha value is -1.71. The lowest BCUT2D eigenvalue weighted by Crippen LogP contribution is -1.98. The lowest BCUT2D eigenvalue weighted by atomic mass is 10.1. The number of hydrogen-bond acceptors (Lipinski definition) is 4. The summed E-state index contributed by atoms with van der Waals surface area (Å²) in [6.07, 6.45) is 2.24. The SMILES string of the molecule is COc1cc(CCCC(C)=O)cc(OC)c1OC. The molecule has 4 heteroatoms. The average molecular weight is 252 g/mol. The fourth-order valence-electron chi connectivity index (χ4n) is 1.82. The van der Waals surface area contributed by atoms with Gasteiger partial charge in [0.25, 0.3) is 0 Å². The lowest BCUT2D eigenvalue weighted by Gasteiger charge is -2.14. The molecular formula is C14H20O4. The summed E-state index contributed by atoms with van der Waals surface area (Å²) in [7, 11) is 4.77. The number of carbonyl (C=O) groups excluding carboxylic acids is 1. The van der Waals surface area contributed by atoms with E-state index in [4.69, 9.17) is 14.2 Å². The van der Waals surface area contributed by atoms with Crippen LogP contribution in [0, 0.1) is 0 Å². The summed E-state index contributed by atoms with van der Waals surface area (Å²) in [6.45, 7) is 1.61. The smallest absolute Gasteiger partial charge is 0.203 e. The topological polar surface area (TPSA) is 44.8 Å². The molecule has 0 aliphatic rings. The van der Waals surface area contributed by atoms with E-state index in [1.807, 2.05) is 12.1 Å². The van der Waals surface area contributed by atoms with Crippen molar-refractivity contribution in [3.8, 4) is 17.2 Å². The zero-order chi connectivity index (χ0) is 13.5. The molecule has 0 atom stereocenters. The van der Waals surface area contributed by atoms with Crippen LogP contribution in [-0.4, -0.2) is 27.1 Å². The van der Waals surface area contributed by atoms with Gasteiger partial charge in [0.1, 0.15) is 5.78 Å². The summed E-state index contributed by atoms with van der Waals surface area (Å²) in [6, 6.07) is 3.84. The first-order chi connectivity index (χ1) is 8.62. The number of aryl methyl sites for hydroxylation is 1. The van der Waals surface area contributed by atoms with Crippen LogP contribution in [0.25, 0.3) is 0 Å². The Morgan fingerprint density at radius 3 is 2.00 bits per heavy atom. The third-order valence-corrected chi connectivity index (χ3v) is 2.72. The molecule has 4 nitrogen and oxygen atoms in total. The number of benzene rings is 1. The number of carbonyl (C=O) groups is 1. The predicted molar refractivity (Wildman–Crippen MR) is 69.7 cm³/mol. The van der Waals surface area contributed by atoms with Crippen molar-refractivity contribution in [2.45, 2.75) is 26.2 Å². The van der Waals surface area contributed by atoms with Crippen LogP contribution in [0.3, 0.4) is 0 Å². The van der Waals surface area contributed by atoms with Crippen LogP contribution >= 0.6 is 0 Å². The maximum Gasteiger partial charge on any atom is 0.203 e. The van der Waals surface area contributed by atoms with Crippen molar-refractivity contribution in [1.29, 1.82) is 0 Å². The Morgan fingerprint density at radius 1 is 1.06 bits per heavy atom. The van der Waals surface area contributed by atoms with E-state index < -0.39 is 0 Å². The Kier molecular flexibility index (Phi) is 5.49. The maximum absolute atomic E-state index is 10.9. The summed E-state index contributed by atoms with van der Waals surface area (Å²) >= 11 is 0. The van der Waals surface area contributed by atoms with Crippen molar-refractivity contribution in [2.75, 3.05) is 21.3 Å². The highest BCUT2D eigenvalue weighted by molar-refractivity contribution is 5.75. The number of methoxy groups -OCH3 is 3. The van der Waals surface area contributed by atoms with Gasteiger partial charge in [-0.25, -0.2) is 0 Å². The van der Waals surface area contributed by atoms with E-state index in [-0.39, 0.29) is 5.78 Å². The number of Topliss-reactive ketones (excluding diaryl/α,β-unsaturated/α-hetero) is 1. The molecule has 18 heavy (non-hydrogen) atoms. The largest absolute Gasteiger partial charge is 0.493 e. The van der Waals surface area contributed by atoms with Crippen LogP contribution in [0.2, 0.25) is 0 Å². The second-order valence-electron chi connectivity index (χ2n) is 4.09. The van der Waals surface area contributed by atoms with E-state index in [9.17, 15) is 4.79 Å². The molecule has 1 aromatic carbocycles. The van der Waals surface area contributed by atoms with Gasteiger partial charge in [-0.15, -0.1) is 0 Å². The molecular weight excluding hydrogens is 232 g/mol. The summed E-state index contributed by atoms with van der Waals surface area (Å²) in [4.78, 5) is 10.9. The van der Waals surface area contributed by atoms with Crippen LogP contribution < -0.4 is 14.2 Å². The number of hydrogen-bond donors (Lipinski definition) is 0. The minimum atomic E-state index is 0.211. The van der Waals surface area contributed by atoms with Gasteiger partial charge < -0.3 is 19.0 Å². The molecule has 0 bridgehead atoms. The molecule has 100 valence electrons. The van der Waals surface area contributed by atoms with Crippen molar-refractivity contribution < 1.29 is 19.0 Å². The van der Waals surface area contributed by atoms with Crippen LogP contribution in [0.15, 0.2) is 12.1 Å².